The quantitative estimate of drug-likeness (QED) is 0.323. The van der Waals surface area contributed by atoms with Gasteiger partial charge >= 0.3 is 12.1 Å². The number of hydrogen-bond donors (Lipinski definition) is 1. The molecule has 2 aromatic heterocycles. The van der Waals surface area contributed by atoms with Crippen molar-refractivity contribution in [3.63, 3.8) is 0 Å². The van der Waals surface area contributed by atoms with Crippen molar-refractivity contribution in [3.8, 4) is 23.0 Å². The van der Waals surface area contributed by atoms with E-state index in [9.17, 15) is 22.8 Å². The topological polar surface area (TPSA) is 137 Å². The molecule has 2 aliphatic rings. The van der Waals surface area contributed by atoms with Gasteiger partial charge in [-0.15, -0.1) is 0 Å². The number of allylic oxidation sites excluding steroid dienone is 1. The molecule has 1 aromatic carbocycles. The largest absolute Gasteiger partial charge is 0.465 e. The molecule has 13 heteroatoms. The van der Waals surface area contributed by atoms with Crippen molar-refractivity contribution in [2.75, 3.05) is 31.4 Å². The molecule has 3 heterocycles. The molecule has 0 spiro atoms. The van der Waals surface area contributed by atoms with Gasteiger partial charge in [0, 0.05) is 48.0 Å². The summed E-state index contributed by atoms with van der Waals surface area (Å²) in [5.41, 5.74) is 3.20. The van der Waals surface area contributed by atoms with E-state index in [-0.39, 0.29) is 41.2 Å². The molecule has 0 fully saturated rings. The Balaban J connectivity index is 1.62. The number of benzene rings is 1. The van der Waals surface area contributed by atoms with Gasteiger partial charge < -0.3 is 24.3 Å². The molecule has 0 unspecified atom stereocenters. The van der Waals surface area contributed by atoms with Gasteiger partial charge in [0.1, 0.15) is 5.60 Å². The third-order valence-electron chi connectivity index (χ3n) is 7.33. The number of esters is 1. The van der Waals surface area contributed by atoms with E-state index in [1.807, 2.05) is 6.08 Å². The number of rotatable bonds is 5. The zero-order chi connectivity index (χ0) is 33.6. The van der Waals surface area contributed by atoms with Gasteiger partial charge in [-0.2, -0.15) is 0 Å². The fourth-order valence-corrected chi connectivity index (χ4v) is 6.33. The lowest BCUT2D eigenvalue weighted by Gasteiger charge is -2.26. The Morgan fingerprint density at radius 1 is 1.17 bits per heavy atom. The Kier molecular flexibility index (Phi) is 8.53. The summed E-state index contributed by atoms with van der Waals surface area (Å²) in [7, 11) is -0.760. The normalized spacial score (nSPS) is 13.5. The van der Waals surface area contributed by atoms with Crippen molar-refractivity contribution in [1.29, 1.82) is 0 Å². The number of halogens is 1. The van der Waals surface area contributed by atoms with Gasteiger partial charge in [-0.25, -0.2) is 27.4 Å². The molecule has 0 saturated heterocycles. The molecule has 3 aromatic rings. The van der Waals surface area contributed by atoms with E-state index < -0.39 is 39.1 Å². The number of pyridine rings is 2. The van der Waals surface area contributed by atoms with Crippen molar-refractivity contribution in [1.82, 2.24) is 14.9 Å². The number of alkyl carbamates (subject to hydrolysis) is 1. The number of ether oxygens (including phenoxy) is 2. The number of nitrogens with zero attached hydrogens (tertiary/aromatic N) is 3. The Hall–Kier alpha value is -4.96. The Bertz CT molecular complexity index is 2050. The highest BCUT2D eigenvalue weighted by Gasteiger charge is 2.33. The number of carbonyl (C=O) groups is 2. The summed E-state index contributed by atoms with van der Waals surface area (Å²) in [4.78, 5) is 43.8. The number of sulfone groups is 1. The first-order valence-corrected chi connectivity index (χ1v) is 16.4. The smallest absolute Gasteiger partial charge is 0.408 e. The second kappa shape index (κ2) is 12.1. The van der Waals surface area contributed by atoms with E-state index in [2.05, 4.69) is 22.1 Å². The van der Waals surface area contributed by atoms with E-state index in [4.69, 9.17) is 9.47 Å². The molecule has 1 aliphatic carbocycles. The van der Waals surface area contributed by atoms with Crippen LogP contribution in [0.15, 0.2) is 41.5 Å². The zero-order valence-electron chi connectivity index (χ0n) is 26.3. The molecule has 0 saturated carbocycles. The summed E-state index contributed by atoms with van der Waals surface area (Å²) in [6, 6.07) is 4.29. The lowest BCUT2D eigenvalue weighted by Crippen LogP contribution is -2.32. The Morgan fingerprint density at radius 3 is 2.57 bits per heavy atom. The number of methoxy groups -OCH3 is 1. The number of anilines is 2. The fourth-order valence-electron chi connectivity index (χ4n) is 5.52. The summed E-state index contributed by atoms with van der Waals surface area (Å²) in [5, 5.41) is 2.51. The van der Waals surface area contributed by atoms with Crippen molar-refractivity contribution in [2.24, 2.45) is 7.05 Å². The van der Waals surface area contributed by atoms with E-state index in [1.165, 1.54) is 30.0 Å². The molecule has 1 aliphatic heterocycles. The van der Waals surface area contributed by atoms with Crippen molar-refractivity contribution < 1.29 is 31.9 Å². The van der Waals surface area contributed by atoms with E-state index in [0.717, 1.165) is 11.8 Å². The fraction of sp³-hybridized carbons (Fsp3) is 0.333. The summed E-state index contributed by atoms with van der Waals surface area (Å²) < 4.78 is 52.3. The molecule has 1 amide bonds. The minimum absolute atomic E-state index is 0.00754. The Morgan fingerprint density at radius 2 is 1.91 bits per heavy atom. The SMILES string of the molecule is COC(=O)c1cc2c(cc1CS(C)(=O)=O)-c1cn(C)c(=O)c3c1C(=CC3)CN2c1ncc(C#CCNC(=O)OC(C)(C)C)cc1F. The third kappa shape index (κ3) is 6.67. The first-order chi connectivity index (χ1) is 21.6. The van der Waals surface area contributed by atoms with E-state index >= 15 is 4.39 Å². The summed E-state index contributed by atoms with van der Waals surface area (Å²) in [5.74, 6) is 3.54. The zero-order valence-corrected chi connectivity index (χ0v) is 27.1. The number of nitrogens with one attached hydrogen (secondary N) is 1. The van der Waals surface area contributed by atoms with Crippen molar-refractivity contribution in [3.05, 3.63) is 80.7 Å². The van der Waals surface area contributed by atoms with Gasteiger partial charge in [0.05, 0.1) is 37.2 Å². The van der Waals surface area contributed by atoms with Crippen LogP contribution in [0.4, 0.5) is 20.7 Å². The first kappa shape index (κ1) is 32.4. The molecule has 1 N–H and O–H groups in total. The van der Waals surface area contributed by atoms with E-state index in [0.29, 0.717) is 34.4 Å². The minimum Gasteiger partial charge on any atom is -0.465 e. The van der Waals surface area contributed by atoms with Gasteiger partial charge in [0.15, 0.2) is 21.5 Å². The maximum absolute atomic E-state index is 15.9. The third-order valence-corrected chi connectivity index (χ3v) is 8.17. The van der Waals surface area contributed by atoms with Gasteiger partial charge in [-0.3, -0.25) is 4.79 Å². The first-order valence-electron chi connectivity index (χ1n) is 14.3. The molecule has 0 radical (unpaired) electrons. The molecule has 46 heavy (non-hydrogen) atoms. The number of aryl methyl sites for hydroxylation is 1. The maximum atomic E-state index is 15.9. The summed E-state index contributed by atoms with van der Waals surface area (Å²) in [6.07, 6.45) is 5.78. The number of amides is 1. The van der Waals surface area contributed by atoms with Crippen molar-refractivity contribution in [2.45, 2.75) is 38.5 Å². The molecular formula is C33H33FN4O7S. The molecule has 11 nitrogen and oxygen atoms in total. The van der Waals surface area contributed by atoms with Crippen LogP contribution in [-0.2, 0) is 38.5 Å². The number of aromatic nitrogens is 2. The average Bonchev–Trinajstić information content (AvgIpc) is 3.33. The predicted molar refractivity (Wildman–Crippen MR) is 171 cm³/mol. The standard InChI is InChI=1S/C33H33FN4O7S/c1-33(2,3)45-32(41)35-11-7-8-19-12-26(34)29(36-15-19)38-16-20-9-10-22-28(20)25(17-37(4)30(22)39)24-13-21(18-46(6,42)43)23(14-27(24)38)31(40)44-5/h9,12-15,17H,10-11,16,18H2,1-6H3,(H,35,41). The van der Waals surface area contributed by atoms with Crippen LogP contribution >= 0.6 is 0 Å². The predicted octanol–water partition coefficient (Wildman–Crippen LogP) is 3.89. The average molecular weight is 649 g/mol. The van der Waals surface area contributed by atoms with Gasteiger partial charge in [-0.1, -0.05) is 17.9 Å². The summed E-state index contributed by atoms with van der Waals surface area (Å²) in [6.45, 7) is 5.30. The van der Waals surface area contributed by atoms with Crippen LogP contribution < -0.4 is 15.8 Å². The van der Waals surface area contributed by atoms with Crippen LogP contribution in [-0.4, -0.2) is 62.1 Å². The molecule has 0 bridgehead atoms. The molecule has 240 valence electrons. The van der Waals surface area contributed by atoms with Gasteiger partial charge in [0.2, 0.25) is 0 Å². The van der Waals surface area contributed by atoms with Crippen LogP contribution in [0.5, 0.6) is 0 Å². The minimum atomic E-state index is -3.58. The number of hydrogen-bond acceptors (Lipinski definition) is 9. The second-order valence-corrected chi connectivity index (χ2v) is 14.2. The van der Waals surface area contributed by atoms with Crippen LogP contribution in [0.1, 0.15) is 53.4 Å². The highest BCUT2D eigenvalue weighted by molar-refractivity contribution is 7.89. The van der Waals surface area contributed by atoms with Gasteiger partial charge in [-0.05, 0) is 62.1 Å². The highest BCUT2D eigenvalue weighted by Crippen LogP contribution is 2.46. The van der Waals surface area contributed by atoms with Crippen molar-refractivity contribution >= 4 is 39.0 Å². The van der Waals surface area contributed by atoms with Crippen LogP contribution in [0, 0.1) is 17.7 Å². The maximum Gasteiger partial charge on any atom is 0.408 e. The second-order valence-electron chi connectivity index (χ2n) is 12.1. The molecule has 0 atom stereocenters. The summed E-state index contributed by atoms with van der Waals surface area (Å²) >= 11 is 0. The van der Waals surface area contributed by atoms with Crippen LogP contribution in [0.2, 0.25) is 0 Å². The van der Waals surface area contributed by atoms with Gasteiger partial charge in [0.25, 0.3) is 5.56 Å². The van der Waals surface area contributed by atoms with Crippen LogP contribution in [0.25, 0.3) is 16.7 Å². The number of fused-ring (bicyclic) bond motifs is 2. The van der Waals surface area contributed by atoms with E-state index in [1.54, 1.807) is 45.0 Å². The lowest BCUT2D eigenvalue weighted by molar-refractivity contribution is 0.0533. The Labute approximate surface area is 266 Å². The molecular weight excluding hydrogens is 615 g/mol. The van der Waals surface area contributed by atoms with Crippen LogP contribution in [0.3, 0.4) is 0 Å². The number of carbonyl (C=O) groups excluding carboxylic acids is 2. The lowest BCUT2D eigenvalue weighted by atomic mass is 9.93. The highest BCUT2D eigenvalue weighted by atomic mass is 32.2. The molecule has 5 rings (SSSR count). The monoisotopic (exact) mass is 648 g/mol.